The van der Waals surface area contributed by atoms with Gasteiger partial charge in [0.25, 0.3) is 0 Å². The molecule has 8 heteroatoms. The Kier molecular flexibility index (Phi) is 7.44. The predicted molar refractivity (Wildman–Crippen MR) is 107 cm³/mol. The zero-order valence-corrected chi connectivity index (χ0v) is 17.7. The van der Waals surface area contributed by atoms with Crippen molar-refractivity contribution in [2.24, 2.45) is 0 Å². The molecule has 154 valence electrons. The molecule has 2 aromatic heterocycles. The molecule has 0 unspecified atom stereocenters. The summed E-state index contributed by atoms with van der Waals surface area (Å²) in [6.07, 6.45) is 6.01. The molecular weight excluding hydrogens is 378 g/mol. The highest BCUT2D eigenvalue weighted by Crippen LogP contribution is 2.28. The monoisotopic (exact) mass is 407 g/mol. The molecule has 0 aliphatic carbocycles. The van der Waals surface area contributed by atoms with Gasteiger partial charge in [-0.05, 0) is 46.0 Å². The Morgan fingerprint density at radius 2 is 2.04 bits per heavy atom. The van der Waals surface area contributed by atoms with E-state index < -0.39 is 6.09 Å². The molecule has 3 rings (SSSR count). The number of carbonyl (C=O) groups is 1. The van der Waals surface area contributed by atoms with Crippen LogP contribution in [-0.2, 0) is 24.0 Å². The minimum Gasteiger partial charge on any atom is -0.397 e. The molecule has 7 nitrogen and oxygen atoms in total. The number of hydrogen-bond donors (Lipinski definition) is 1. The van der Waals surface area contributed by atoms with Crippen LogP contribution in [0.5, 0.6) is 5.06 Å². The van der Waals surface area contributed by atoms with Gasteiger partial charge in [0, 0.05) is 31.2 Å². The van der Waals surface area contributed by atoms with Crippen molar-refractivity contribution in [1.29, 1.82) is 0 Å². The Balaban J connectivity index is 1.55. The largest absolute Gasteiger partial charge is 0.413 e. The quantitative estimate of drug-likeness (QED) is 0.708. The van der Waals surface area contributed by atoms with Crippen molar-refractivity contribution in [3.8, 4) is 5.06 Å². The molecule has 0 saturated carbocycles. The molecule has 3 heterocycles. The number of amides is 1. The van der Waals surface area contributed by atoms with E-state index in [0.717, 1.165) is 67.1 Å². The van der Waals surface area contributed by atoms with Gasteiger partial charge in [0.2, 0.25) is 5.06 Å². The van der Waals surface area contributed by atoms with Crippen LogP contribution >= 0.6 is 11.3 Å². The van der Waals surface area contributed by atoms with E-state index in [0.29, 0.717) is 18.3 Å². The molecule has 0 radical (unpaired) electrons. The summed E-state index contributed by atoms with van der Waals surface area (Å²) in [5.74, 6) is 0.881. The van der Waals surface area contributed by atoms with Crippen LogP contribution in [0.4, 0.5) is 4.79 Å². The van der Waals surface area contributed by atoms with E-state index in [1.807, 2.05) is 13.8 Å². The third kappa shape index (κ3) is 5.54. The van der Waals surface area contributed by atoms with Crippen LogP contribution in [0.1, 0.15) is 60.3 Å². The van der Waals surface area contributed by atoms with Crippen LogP contribution < -0.4 is 10.1 Å². The first-order valence-corrected chi connectivity index (χ1v) is 10.8. The van der Waals surface area contributed by atoms with Gasteiger partial charge in [0.1, 0.15) is 5.76 Å². The van der Waals surface area contributed by atoms with Gasteiger partial charge in [-0.3, -0.25) is 0 Å². The minimum atomic E-state index is -0.415. The normalized spacial score (nSPS) is 15.0. The fourth-order valence-corrected chi connectivity index (χ4v) is 4.20. The number of aryl methyl sites for hydroxylation is 4. The first kappa shape index (κ1) is 20.8. The zero-order chi connectivity index (χ0) is 19.9. The van der Waals surface area contributed by atoms with Gasteiger partial charge in [0.05, 0.1) is 16.4 Å². The molecule has 1 amide bonds. The molecule has 0 atom stereocenters. The lowest BCUT2D eigenvalue weighted by Gasteiger charge is -2.22. The third-order valence-corrected chi connectivity index (χ3v) is 6.04. The number of unbranched alkanes of at least 4 members (excludes halogenated alkanes) is 1. The van der Waals surface area contributed by atoms with E-state index in [1.165, 1.54) is 16.9 Å². The van der Waals surface area contributed by atoms with Crippen molar-refractivity contribution < 1.29 is 18.8 Å². The fourth-order valence-electron chi connectivity index (χ4n) is 3.29. The number of ether oxygens (including phenoxy) is 2. The fraction of sp³-hybridized carbons (Fsp3) is 0.650. The molecule has 0 aromatic carbocycles. The van der Waals surface area contributed by atoms with Gasteiger partial charge in [-0.15, -0.1) is 0 Å². The van der Waals surface area contributed by atoms with E-state index in [1.54, 1.807) is 0 Å². The number of hydrogen-bond acceptors (Lipinski definition) is 7. The number of nitrogens with one attached hydrogen (secondary N) is 1. The van der Waals surface area contributed by atoms with Gasteiger partial charge in [-0.25, -0.2) is 9.78 Å². The molecule has 1 aliphatic heterocycles. The molecular formula is C20H29N3O4S. The lowest BCUT2D eigenvalue weighted by molar-refractivity contribution is 0.0779. The zero-order valence-electron chi connectivity index (χ0n) is 16.9. The molecule has 0 bridgehead atoms. The Bertz CT molecular complexity index is 781. The van der Waals surface area contributed by atoms with Crippen LogP contribution in [0.15, 0.2) is 4.52 Å². The Hall–Kier alpha value is -1.93. The summed E-state index contributed by atoms with van der Waals surface area (Å²) >= 11 is 1.43. The van der Waals surface area contributed by atoms with Crippen LogP contribution in [0.25, 0.3) is 0 Å². The molecule has 28 heavy (non-hydrogen) atoms. The summed E-state index contributed by atoms with van der Waals surface area (Å²) in [5.41, 5.74) is 2.98. The van der Waals surface area contributed by atoms with Gasteiger partial charge in [-0.2, -0.15) is 0 Å². The van der Waals surface area contributed by atoms with Crippen LogP contribution in [-0.4, -0.2) is 35.5 Å². The number of nitrogens with zero attached hydrogens (tertiary/aromatic N) is 2. The maximum Gasteiger partial charge on any atom is 0.413 e. The summed E-state index contributed by atoms with van der Waals surface area (Å²) < 4.78 is 16.2. The van der Waals surface area contributed by atoms with E-state index in [2.05, 4.69) is 22.4 Å². The maximum atomic E-state index is 12.2. The van der Waals surface area contributed by atoms with Crippen LogP contribution in [0, 0.1) is 13.8 Å². The topological polar surface area (TPSA) is 86.5 Å². The lowest BCUT2D eigenvalue weighted by atomic mass is 10.0. The lowest BCUT2D eigenvalue weighted by Crippen LogP contribution is -2.40. The average molecular weight is 408 g/mol. The van der Waals surface area contributed by atoms with Crippen LogP contribution in [0.3, 0.4) is 0 Å². The average Bonchev–Trinajstić information content (AvgIpc) is 3.21. The Morgan fingerprint density at radius 1 is 1.25 bits per heavy atom. The van der Waals surface area contributed by atoms with Crippen molar-refractivity contribution in [3.63, 3.8) is 0 Å². The first-order chi connectivity index (χ1) is 13.6. The van der Waals surface area contributed by atoms with Gasteiger partial charge in [0.15, 0.2) is 0 Å². The summed E-state index contributed by atoms with van der Waals surface area (Å²) in [6.45, 7) is 7.35. The standard InChI is InChI=1S/C20H29N3O4S/c1-4-5-6-17-16(14(3)27-23-17)7-8-18-21-13(2)19(28-18)26-20(24)22-15-9-11-25-12-10-15/h15H,4-12H2,1-3H3,(H,22,24). The van der Waals surface area contributed by atoms with Crippen molar-refractivity contribution in [2.45, 2.75) is 71.8 Å². The SMILES string of the molecule is CCCCc1noc(C)c1CCc1nc(C)c(OC(=O)NC2CCOCC2)s1. The molecule has 0 spiro atoms. The highest BCUT2D eigenvalue weighted by Gasteiger charge is 2.20. The minimum absolute atomic E-state index is 0.118. The summed E-state index contributed by atoms with van der Waals surface area (Å²) in [6, 6.07) is 0.118. The van der Waals surface area contributed by atoms with E-state index in [4.69, 9.17) is 14.0 Å². The number of carbonyl (C=O) groups excluding carboxylic acids is 1. The molecule has 1 aliphatic rings. The van der Waals surface area contributed by atoms with Crippen molar-refractivity contribution >= 4 is 17.4 Å². The first-order valence-electron chi connectivity index (χ1n) is 10.0. The Morgan fingerprint density at radius 3 is 2.79 bits per heavy atom. The second-order valence-electron chi connectivity index (χ2n) is 7.17. The van der Waals surface area contributed by atoms with Crippen molar-refractivity contribution in [1.82, 2.24) is 15.5 Å². The summed E-state index contributed by atoms with van der Waals surface area (Å²) in [7, 11) is 0. The number of rotatable bonds is 8. The smallest absolute Gasteiger partial charge is 0.397 e. The number of thiazole rings is 1. The molecule has 1 fully saturated rings. The Labute approximate surface area is 169 Å². The highest BCUT2D eigenvalue weighted by molar-refractivity contribution is 7.13. The van der Waals surface area contributed by atoms with E-state index >= 15 is 0 Å². The highest BCUT2D eigenvalue weighted by atomic mass is 32.1. The summed E-state index contributed by atoms with van der Waals surface area (Å²) in [4.78, 5) is 16.7. The second-order valence-corrected chi connectivity index (χ2v) is 8.21. The van der Waals surface area contributed by atoms with Gasteiger partial charge < -0.3 is 19.3 Å². The maximum absolute atomic E-state index is 12.2. The third-order valence-electron chi connectivity index (χ3n) is 4.95. The van der Waals surface area contributed by atoms with E-state index in [9.17, 15) is 4.79 Å². The van der Waals surface area contributed by atoms with Crippen molar-refractivity contribution in [2.75, 3.05) is 13.2 Å². The molecule has 2 aromatic rings. The second kappa shape index (κ2) is 10.0. The molecule has 1 N–H and O–H groups in total. The number of aromatic nitrogens is 2. The van der Waals surface area contributed by atoms with E-state index in [-0.39, 0.29) is 6.04 Å². The van der Waals surface area contributed by atoms with Gasteiger partial charge in [-0.1, -0.05) is 29.8 Å². The molecule has 1 saturated heterocycles. The summed E-state index contributed by atoms with van der Waals surface area (Å²) in [5, 5.41) is 8.63. The van der Waals surface area contributed by atoms with Gasteiger partial charge >= 0.3 is 6.09 Å². The van der Waals surface area contributed by atoms with Crippen molar-refractivity contribution in [3.05, 3.63) is 27.7 Å². The predicted octanol–water partition coefficient (Wildman–Crippen LogP) is 4.14. The van der Waals surface area contributed by atoms with Crippen LogP contribution in [0.2, 0.25) is 0 Å².